The first kappa shape index (κ1) is 14.6. The summed E-state index contributed by atoms with van der Waals surface area (Å²) in [5.74, 6) is -2.25. The second-order valence-corrected chi connectivity index (χ2v) is 4.99. The third kappa shape index (κ3) is 3.22. The van der Waals surface area contributed by atoms with Crippen molar-refractivity contribution in [1.29, 1.82) is 0 Å². The van der Waals surface area contributed by atoms with Crippen molar-refractivity contribution in [3.8, 4) is 0 Å². The lowest BCUT2D eigenvalue weighted by Gasteiger charge is -2.21. The zero-order valence-corrected chi connectivity index (χ0v) is 12.0. The molecule has 2 rings (SSSR count). The van der Waals surface area contributed by atoms with Crippen LogP contribution in [0.3, 0.4) is 0 Å². The minimum absolute atomic E-state index is 0.119. The molecule has 1 atom stereocenters. The highest BCUT2D eigenvalue weighted by Crippen LogP contribution is 2.14. The molecule has 1 aliphatic heterocycles. The van der Waals surface area contributed by atoms with Gasteiger partial charge in [-0.05, 0) is 24.1 Å². The van der Waals surface area contributed by atoms with Gasteiger partial charge in [-0.2, -0.15) is 0 Å². The smallest absolute Gasteiger partial charge is 0.254 e. The molecule has 1 saturated heterocycles. The molecule has 3 amide bonds. The number of benzene rings is 1. The molecule has 0 aliphatic carbocycles. The number of hydrogen-bond donors (Lipinski definition) is 2. The molecule has 5 nitrogen and oxygen atoms in total. The molecule has 0 saturated carbocycles. The van der Waals surface area contributed by atoms with Crippen molar-refractivity contribution in [2.24, 2.45) is 0 Å². The zero-order chi connectivity index (χ0) is 14.7. The number of carbonyl (C=O) groups excluding carboxylic acids is 3. The third-order valence-electron chi connectivity index (χ3n) is 2.97. The van der Waals surface area contributed by atoms with E-state index in [4.69, 9.17) is 0 Å². The van der Waals surface area contributed by atoms with Crippen molar-refractivity contribution in [2.45, 2.75) is 24.2 Å². The Bertz CT molecular complexity index is 577. The second kappa shape index (κ2) is 6.13. The van der Waals surface area contributed by atoms with Crippen LogP contribution in [0.15, 0.2) is 18.2 Å². The van der Waals surface area contributed by atoms with Gasteiger partial charge in [0.2, 0.25) is 11.8 Å². The van der Waals surface area contributed by atoms with Crippen LogP contribution in [0.1, 0.15) is 28.8 Å². The van der Waals surface area contributed by atoms with Crippen molar-refractivity contribution in [1.82, 2.24) is 10.6 Å². The number of piperidine rings is 1. The van der Waals surface area contributed by atoms with Gasteiger partial charge in [0.15, 0.2) is 0 Å². The maximum atomic E-state index is 13.6. The summed E-state index contributed by atoms with van der Waals surface area (Å²) in [5, 5.41) is 5.06. The van der Waals surface area contributed by atoms with E-state index >= 15 is 0 Å². The molecule has 0 aromatic heterocycles. The van der Waals surface area contributed by atoms with Gasteiger partial charge < -0.3 is 5.32 Å². The lowest BCUT2D eigenvalue weighted by molar-refractivity contribution is -0.134. The Morgan fingerprint density at radius 2 is 2.20 bits per heavy atom. The predicted octanol–water partition coefficient (Wildman–Crippen LogP) is 1.26. The minimum atomic E-state index is -0.813. The largest absolute Gasteiger partial charge is 0.340 e. The summed E-state index contributed by atoms with van der Waals surface area (Å²) < 4.78 is 13.6. The maximum Gasteiger partial charge on any atom is 0.254 e. The van der Waals surface area contributed by atoms with E-state index in [2.05, 4.69) is 26.6 Å². The van der Waals surface area contributed by atoms with Gasteiger partial charge in [-0.1, -0.05) is 22.0 Å². The van der Waals surface area contributed by atoms with Gasteiger partial charge >= 0.3 is 0 Å². The van der Waals surface area contributed by atoms with E-state index < -0.39 is 23.7 Å². The Morgan fingerprint density at radius 1 is 1.45 bits per heavy atom. The van der Waals surface area contributed by atoms with E-state index in [1.54, 1.807) is 6.07 Å². The topological polar surface area (TPSA) is 75.3 Å². The van der Waals surface area contributed by atoms with Gasteiger partial charge in [-0.3, -0.25) is 19.7 Å². The van der Waals surface area contributed by atoms with Gasteiger partial charge in [0, 0.05) is 11.8 Å². The SMILES string of the molecule is O=C1CCC(NC(=O)c2cc(CBr)ccc2F)C(=O)N1. The fraction of sp³-hybridized carbons (Fsp3) is 0.308. The minimum Gasteiger partial charge on any atom is -0.340 e. The molecule has 2 N–H and O–H groups in total. The number of rotatable bonds is 3. The fourth-order valence-corrected chi connectivity index (χ4v) is 2.25. The lowest BCUT2D eigenvalue weighted by atomic mass is 10.0. The summed E-state index contributed by atoms with van der Waals surface area (Å²) >= 11 is 3.22. The molecule has 0 radical (unpaired) electrons. The number of carbonyl (C=O) groups is 3. The molecule has 20 heavy (non-hydrogen) atoms. The third-order valence-corrected chi connectivity index (χ3v) is 3.62. The molecular weight excluding hydrogens is 331 g/mol. The number of alkyl halides is 1. The normalized spacial score (nSPS) is 18.6. The molecule has 0 spiro atoms. The number of nitrogens with one attached hydrogen (secondary N) is 2. The van der Waals surface area contributed by atoms with Crippen LogP contribution in [-0.2, 0) is 14.9 Å². The van der Waals surface area contributed by atoms with Crippen molar-refractivity contribution < 1.29 is 18.8 Å². The summed E-state index contributed by atoms with van der Waals surface area (Å²) in [4.78, 5) is 34.5. The van der Waals surface area contributed by atoms with E-state index in [1.807, 2.05) is 0 Å². The van der Waals surface area contributed by atoms with E-state index in [1.165, 1.54) is 12.1 Å². The molecule has 0 bridgehead atoms. The number of amides is 3. The van der Waals surface area contributed by atoms with E-state index in [0.717, 1.165) is 5.56 Å². The molecule has 106 valence electrons. The molecular formula is C13H12BrFN2O3. The Morgan fingerprint density at radius 3 is 2.85 bits per heavy atom. The monoisotopic (exact) mass is 342 g/mol. The van der Waals surface area contributed by atoms with E-state index in [0.29, 0.717) is 5.33 Å². The van der Waals surface area contributed by atoms with Crippen LogP contribution in [-0.4, -0.2) is 23.8 Å². The van der Waals surface area contributed by atoms with Crippen LogP contribution in [0.5, 0.6) is 0 Å². The summed E-state index contributed by atoms with van der Waals surface area (Å²) in [5.41, 5.74) is 0.631. The Labute approximate surface area is 123 Å². The molecule has 1 heterocycles. The molecule has 1 aromatic rings. The van der Waals surface area contributed by atoms with Crippen LogP contribution in [0.2, 0.25) is 0 Å². The van der Waals surface area contributed by atoms with Crippen LogP contribution in [0, 0.1) is 5.82 Å². The molecule has 7 heteroatoms. The molecule has 1 fully saturated rings. The van der Waals surface area contributed by atoms with Crippen LogP contribution < -0.4 is 10.6 Å². The van der Waals surface area contributed by atoms with Crippen molar-refractivity contribution >= 4 is 33.7 Å². The molecule has 1 aliphatic rings. The van der Waals surface area contributed by atoms with E-state index in [-0.39, 0.29) is 24.3 Å². The predicted molar refractivity (Wildman–Crippen MR) is 72.7 cm³/mol. The standard InChI is InChI=1S/C13H12BrFN2O3/c14-6-7-1-2-9(15)8(5-7)12(19)16-10-3-4-11(18)17-13(10)20/h1-2,5,10H,3-4,6H2,(H,16,19)(H,17,18,20). The highest BCUT2D eigenvalue weighted by atomic mass is 79.9. The van der Waals surface area contributed by atoms with Gasteiger partial charge in [-0.15, -0.1) is 0 Å². The van der Waals surface area contributed by atoms with Crippen molar-refractivity contribution in [3.63, 3.8) is 0 Å². The van der Waals surface area contributed by atoms with Crippen LogP contribution in [0.25, 0.3) is 0 Å². The van der Waals surface area contributed by atoms with Gasteiger partial charge in [-0.25, -0.2) is 4.39 Å². The summed E-state index contributed by atoms with van der Waals surface area (Å²) in [6.07, 6.45) is 0.372. The van der Waals surface area contributed by atoms with Gasteiger partial charge in [0.1, 0.15) is 11.9 Å². The first-order chi connectivity index (χ1) is 9.51. The fourth-order valence-electron chi connectivity index (χ4n) is 1.90. The average Bonchev–Trinajstić information content (AvgIpc) is 2.42. The van der Waals surface area contributed by atoms with Gasteiger partial charge in [0.05, 0.1) is 5.56 Å². The van der Waals surface area contributed by atoms with Gasteiger partial charge in [0.25, 0.3) is 5.91 Å². The van der Waals surface area contributed by atoms with Crippen molar-refractivity contribution in [2.75, 3.05) is 0 Å². The first-order valence-corrected chi connectivity index (χ1v) is 7.12. The lowest BCUT2D eigenvalue weighted by Crippen LogP contribution is -2.52. The Balaban J connectivity index is 2.12. The quantitative estimate of drug-likeness (QED) is 0.641. The number of imide groups is 1. The maximum absolute atomic E-state index is 13.6. The van der Waals surface area contributed by atoms with E-state index in [9.17, 15) is 18.8 Å². The Hall–Kier alpha value is -1.76. The highest BCUT2D eigenvalue weighted by Gasteiger charge is 2.28. The zero-order valence-electron chi connectivity index (χ0n) is 10.4. The molecule has 1 unspecified atom stereocenters. The van der Waals surface area contributed by atoms with Crippen molar-refractivity contribution in [3.05, 3.63) is 35.1 Å². The first-order valence-electron chi connectivity index (χ1n) is 6.00. The number of halogens is 2. The highest BCUT2D eigenvalue weighted by molar-refractivity contribution is 9.08. The summed E-state index contributed by atoms with van der Waals surface area (Å²) in [6, 6.07) is 3.38. The van der Waals surface area contributed by atoms with Crippen LogP contribution in [0.4, 0.5) is 4.39 Å². The summed E-state index contributed by atoms with van der Waals surface area (Å²) in [6.45, 7) is 0. The average molecular weight is 343 g/mol. The molecule has 1 aromatic carbocycles. The summed E-state index contributed by atoms with van der Waals surface area (Å²) in [7, 11) is 0. The van der Waals surface area contributed by atoms with Crippen LogP contribution >= 0.6 is 15.9 Å². The second-order valence-electron chi connectivity index (χ2n) is 4.42. The number of hydrogen-bond acceptors (Lipinski definition) is 3. The Kier molecular flexibility index (Phi) is 4.49.